The van der Waals surface area contributed by atoms with E-state index in [9.17, 15) is 4.79 Å². The Morgan fingerprint density at radius 1 is 1.10 bits per heavy atom. The van der Waals surface area contributed by atoms with E-state index in [-0.39, 0.29) is 6.10 Å². The second-order valence-corrected chi connectivity index (χ2v) is 10.4. The van der Waals surface area contributed by atoms with Gasteiger partial charge in [-0.05, 0) is 63.7 Å². The molecule has 7 rings (SSSR count). The standard InChI is InChI=1S/C22H32O7/c1-4-24-11(2)25-17-15-16(26-19(17)23)18-20(27-15)29-22(28-18)13-6-5-12-7-14(22)10-21(3,8-12)9-13/h11-18,20H,4-10H2,1-3H3. The van der Waals surface area contributed by atoms with E-state index in [1.54, 1.807) is 6.92 Å². The number of rotatable bonds is 4. The molecule has 0 radical (unpaired) electrons. The summed E-state index contributed by atoms with van der Waals surface area (Å²) in [6.07, 6.45) is 4.13. The maximum absolute atomic E-state index is 12.4. The van der Waals surface area contributed by atoms with Gasteiger partial charge in [0.25, 0.3) is 0 Å². The molecule has 0 aromatic carbocycles. The van der Waals surface area contributed by atoms with Crippen LogP contribution in [0.3, 0.4) is 0 Å². The largest absolute Gasteiger partial charge is 0.454 e. The van der Waals surface area contributed by atoms with Gasteiger partial charge in [0.15, 0.2) is 36.7 Å². The number of ether oxygens (including phenoxy) is 6. The van der Waals surface area contributed by atoms with Crippen LogP contribution in [0.4, 0.5) is 0 Å². The summed E-state index contributed by atoms with van der Waals surface area (Å²) >= 11 is 0. The predicted octanol–water partition coefficient (Wildman–Crippen LogP) is 2.75. The van der Waals surface area contributed by atoms with E-state index in [0.29, 0.717) is 23.9 Å². The van der Waals surface area contributed by atoms with Crippen LogP contribution in [0.5, 0.6) is 0 Å². The summed E-state index contributed by atoms with van der Waals surface area (Å²) in [5.41, 5.74) is 0.419. The van der Waals surface area contributed by atoms with Gasteiger partial charge in [0.2, 0.25) is 0 Å². The molecule has 7 nitrogen and oxygen atoms in total. The molecule has 3 aliphatic heterocycles. The van der Waals surface area contributed by atoms with Crippen molar-refractivity contribution in [3.8, 4) is 0 Å². The first-order valence-electron chi connectivity index (χ1n) is 11.4. The van der Waals surface area contributed by atoms with Crippen molar-refractivity contribution in [1.82, 2.24) is 0 Å². The van der Waals surface area contributed by atoms with Crippen molar-refractivity contribution >= 4 is 5.97 Å². The zero-order valence-electron chi connectivity index (χ0n) is 17.5. The minimum atomic E-state index is -0.796. The normalized spacial score (nSPS) is 55.8. The van der Waals surface area contributed by atoms with Crippen molar-refractivity contribution < 1.29 is 33.2 Å². The van der Waals surface area contributed by atoms with Gasteiger partial charge in [0.05, 0.1) is 0 Å². The zero-order valence-corrected chi connectivity index (χ0v) is 17.5. The molecular formula is C22H32O7. The van der Waals surface area contributed by atoms with Gasteiger partial charge in [-0.3, -0.25) is 0 Å². The van der Waals surface area contributed by atoms with Crippen molar-refractivity contribution in [2.24, 2.45) is 23.2 Å². The molecule has 29 heavy (non-hydrogen) atoms. The fourth-order valence-electron chi connectivity index (χ4n) is 7.45. The summed E-state index contributed by atoms with van der Waals surface area (Å²) < 4.78 is 36.4. The van der Waals surface area contributed by atoms with Gasteiger partial charge in [-0.2, -0.15) is 0 Å². The van der Waals surface area contributed by atoms with Crippen LogP contribution in [0.1, 0.15) is 59.3 Å². The van der Waals surface area contributed by atoms with Crippen molar-refractivity contribution in [2.45, 2.75) is 102 Å². The van der Waals surface area contributed by atoms with Gasteiger partial charge in [0, 0.05) is 18.4 Å². The Hall–Kier alpha value is -0.730. The van der Waals surface area contributed by atoms with Gasteiger partial charge in [-0.15, -0.1) is 0 Å². The summed E-state index contributed by atoms with van der Waals surface area (Å²) in [5, 5.41) is 0. The average molecular weight is 408 g/mol. The minimum absolute atomic E-state index is 0.370. The lowest BCUT2D eigenvalue weighted by atomic mass is 9.57. The number of esters is 1. The molecule has 0 amide bonds. The Balaban J connectivity index is 1.22. The Morgan fingerprint density at radius 2 is 1.93 bits per heavy atom. The van der Waals surface area contributed by atoms with E-state index in [4.69, 9.17) is 28.4 Å². The first-order chi connectivity index (χ1) is 13.9. The van der Waals surface area contributed by atoms with Crippen LogP contribution in [-0.4, -0.2) is 55.4 Å². The van der Waals surface area contributed by atoms with Gasteiger partial charge in [0.1, 0.15) is 6.10 Å². The van der Waals surface area contributed by atoms with Crippen LogP contribution in [0, 0.1) is 23.2 Å². The van der Waals surface area contributed by atoms with Crippen molar-refractivity contribution in [3.05, 3.63) is 0 Å². The van der Waals surface area contributed by atoms with Crippen LogP contribution in [0.2, 0.25) is 0 Å². The zero-order chi connectivity index (χ0) is 20.0. The summed E-state index contributed by atoms with van der Waals surface area (Å²) in [6.45, 7) is 6.63. The first-order valence-corrected chi connectivity index (χ1v) is 11.4. The molecule has 0 aromatic rings. The maximum Gasteiger partial charge on any atom is 0.338 e. The second kappa shape index (κ2) is 6.39. The van der Waals surface area contributed by atoms with E-state index in [1.165, 1.54) is 19.3 Å². The molecule has 7 fully saturated rings. The highest BCUT2D eigenvalue weighted by Crippen LogP contribution is 2.65. The smallest absolute Gasteiger partial charge is 0.338 e. The minimum Gasteiger partial charge on any atom is -0.454 e. The number of carbonyl (C=O) groups excluding carboxylic acids is 1. The van der Waals surface area contributed by atoms with E-state index in [1.807, 2.05) is 6.92 Å². The van der Waals surface area contributed by atoms with Crippen LogP contribution in [-0.2, 0) is 33.2 Å². The van der Waals surface area contributed by atoms with E-state index in [0.717, 1.165) is 25.2 Å². The highest BCUT2D eigenvalue weighted by Gasteiger charge is 2.70. The third-order valence-electron chi connectivity index (χ3n) is 8.29. The lowest BCUT2D eigenvalue weighted by Crippen LogP contribution is -2.56. The maximum atomic E-state index is 12.4. The van der Waals surface area contributed by atoms with Gasteiger partial charge >= 0.3 is 5.97 Å². The van der Waals surface area contributed by atoms with Crippen molar-refractivity contribution in [1.29, 1.82) is 0 Å². The van der Waals surface area contributed by atoms with E-state index >= 15 is 0 Å². The molecule has 162 valence electrons. The fourth-order valence-corrected chi connectivity index (χ4v) is 7.45. The summed E-state index contributed by atoms with van der Waals surface area (Å²) in [7, 11) is 0. The molecule has 7 heteroatoms. The predicted molar refractivity (Wildman–Crippen MR) is 99.5 cm³/mol. The first kappa shape index (κ1) is 19.0. The molecule has 0 aromatic heterocycles. The van der Waals surface area contributed by atoms with Crippen LogP contribution in [0.15, 0.2) is 0 Å². The third kappa shape index (κ3) is 2.70. The summed E-state index contributed by atoms with van der Waals surface area (Å²) in [6, 6.07) is 0. The molecule has 11 unspecified atom stereocenters. The van der Waals surface area contributed by atoms with E-state index < -0.39 is 42.6 Å². The number of hydrogen-bond donors (Lipinski definition) is 0. The topological polar surface area (TPSA) is 72.5 Å². The van der Waals surface area contributed by atoms with Crippen LogP contribution < -0.4 is 0 Å². The highest BCUT2D eigenvalue weighted by molar-refractivity contribution is 5.78. The summed E-state index contributed by atoms with van der Waals surface area (Å²) in [4.78, 5) is 12.4. The van der Waals surface area contributed by atoms with E-state index in [2.05, 4.69) is 6.92 Å². The molecular weight excluding hydrogens is 376 g/mol. The fraction of sp³-hybridized carbons (Fsp3) is 0.955. The van der Waals surface area contributed by atoms with Crippen molar-refractivity contribution in [2.75, 3.05) is 6.61 Å². The van der Waals surface area contributed by atoms with Crippen molar-refractivity contribution in [3.63, 3.8) is 0 Å². The third-order valence-corrected chi connectivity index (χ3v) is 8.29. The highest BCUT2D eigenvalue weighted by atomic mass is 16.9. The number of hydrogen-bond acceptors (Lipinski definition) is 7. The molecule has 0 N–H and O–H groups in total. The second-order valence-electron chi connectivity index (χ2n) is 10.4. The Morgan fingerprint density at radius 3 is 2.76 bits per heavy atom. The molecule has 11 atom stereocenters. The van der Waals surface area contributed by atoms with Gasteiger partial charge in [-0.1, -0.05) is 6.92 Å². The Labute approximate surface area is 171 Å². The molecule has 4 bridgehead atoms. The molecule has 1 spiro atoms. The van der Waals surface area contributed by atoms with Crippen LogP contribution in [0.25, 0.3) is 0 Å². The molecule has 3 saturated heterocycles. The molecule has 7 aliphatic rings. The van der Waals surface area contributed by atoms with Crippen LogP contribution >= 0.6 is 0 Å². The lowest BCUT2D eigenvalue weighted by Gasteiger charge is -2.54. The van der Waals surface area contributed by atoms with Gasteiger partial charge in [-0.25, -0.2) is 4.79 Å². The Bertz CT molecular complexity index is 695. The Kier molecular flexibility index (Phi) is 4.18. The quantitative estimate of drug-likeness (QED) is 0.523. The summed E-state index contributed by atoms with van der Waals surface area (Å²) in [5.74, 6) is 0.616. The molecule has 4 aliphatic carbocycles. The average Bonchev–Trinajstić information content (AvgIpc) is 3.22. The molecule has 3 heterocycles. The monoisotopic (exact) mass is 408 g/mol. The number of fused-ring (bicyclic) bond motifs is 4. The number of carbonyl (C=O) groups is 1. The van der Waals surface area contributed by atoms with Gasteiger partial charge < -0.3 is 28.4 Å². The lowest BCUT2D eigenvalue weighted by molar-refractivity contribution is -0.309. The molecule has 4 saturated carbocycles. The SMILES string of the molecule is CCOC(C)OC1C(=O)OC2C3OC4(OC3OC12)C1CCC2CC4CC(C)(C2)C1.